The Morgan fingerprint density at radius 1 is 1.13 bits per heavy atom. The molecule has 1 N–H and O–H groups in total. The molecule has 0 saturated heterocycles. The van der Waals surface area contributed by atoms with Crippen LogP contribution in [0, 0.1) is 0 Å². The second kappa shape index (κ2) is 7.84. The van der Waals surface area contributed by atoms with Gasteiger partial charge in [-0.15, -0.1) is 0 Å². The highest BCUT2D eigenvalue weighted by Crippen LogP contribution is 2.40. The van der Waals surface area contributed by atoms with E-state index in [2.05, 4.69) is 14.8 Å². The first-order chi connectivity index (χ1) is 14.3. The zero-order valence-corrected chi connectivity index (χ0v) is 18.9. The zero-order chi connectivity index (χ0) is 21.4. The molecule has 8 nitrogen and oxygen atoms in total. The van der Waals surface area contributed by atoms with E-state index in [9.17, 15) is 13.2 Å². The first-order valence-electron chi connectivity index (χ1n) is 9.01. The molecule has 0 aliphatic carbocycles. The highest BCUT2D eigenvalue weighted by Gasteiger charge is 2.46. The summed E-state index contributed by atoms with van der Waals surface area (Å²) in [6.45, 7) is 0. The van der Waals surface area contributed by atoms with E-state index in [0.29, 0.717) is 11.3 Å². The number of hydrogen-bond donors (Lipinski definition) is 1. The largest absolute Gasteiger partial charge is 0.307 e. The minimum absolute atomic E-state index is 0.103. The van der Waals surface area contributed by atoms with Gasteiger partial charge in [-0.25, -0.2) is 18.1 Å². The summed E-state index contributed by atoms with van der Waals surface area (Å²) < 4.78 is 31.0. The molecule has 3 aromatic heterocycles. The molecule has 154 valence electrons. The second-order valence-corrected chi connectivity index (χ2v) is 11.3. The lowest BCUT2D eigenvalue weighted by Crippen LogP contribution is -2.44. The van der Waals surface area contributed by atoms with Crippen LogP contribution in [-0.2, 0) is 26.2 Å². The number of benzene rings is 1. The summed E-state index contributed by atoms with van der Waals surface area (Å²) in [4.78, 5) is 16.9. The SMILES string of the molecule is Cn1ccc(C(I)(Cc2ccn3ccnc3c2)S(=O)(=O)NC(=O)c2ccccc2)n1. The fraction of sp³-hybridized carbons (Fsp3) is 0.150. The average molecular weight is 535 g/mol. The summed E-state index contributed by atoms with van der Waals surface area (Å²) in [5, 5.41) is 4.34. The van der Waals surface area contributed by atoms with Gasteiger partial charge in [-0.1, -0.05) is 40.8 Å². The van der Waals surface area contributed by atoms with Crippen LogP contribution in [0.3, 0.4) is 0 Å². The first kappa shape index (κ1) is 20.5. The lowest BCUT2D eigenvalue weighted by atomic mass is 10.1. The van der Waals surface area contributed by atoms with E-state index >= 15 is 0 Å². The van der Waals surface area contributed by atoms with Crippen LogP contribution in [-0.4, -0.2) is 33.5 Å². The minimum Gasteiger partial charge on any atom is -0.307 e. The van der Waals surface area contributed by atoms with Crippen molar-refractivity contribution in [2.75, 3.05) is 0 Å². The van der Waals surface area contributed by atoms with Gasteiger partial charge < -0.3 is 4.40 Å². The molecule has 0 radical (unpaired) electrons. The van der Waals surface area contributed by atoms with Crippen molar-refractivity contribution in [2.45, 2.75) is 9.17 Å². The van der Waals surface area contributed by atoms with Crippen molar-refractivity contribution >= 4 is 44.2 Å². The van der Waals surface area contributed by atoms with Crippen molar-refractivity contribution in [1.82, 2.24) is 23.9 Å². The molecule has 1 atom stereocenters. The Hall–Kier alpha value is -2.73. The van der Waals surface area contributed by atoms with Gasteiger partial charge in [0.25, 0.3) is 15.9 Å². The molecule has 1 unspecified atom stereocenters. The third-order valence-corrected chi connectivity index (χ3v) is 9.01. The molecule has 3 heterocycles. The summed E-state index contributed by atoms with van der Waals surface area (Å²) in [6, 6.07) is 13.5. The van der Waals surface area contributed by atoms with Crippen molar-refractivity contribution in [1.29, 1.82) is 0 Å². The monoisotopic (exact) mass is 535 g/mol. The molecule has 4 aromatic rings. The molecule has 10 heteroatoms. The molecular formula is C20H18IN5O3S. The molecule has 30 heavy (non-hydrogen) atoms. The molecule has 0 aliphatic rings. The first-order valence-corrected chi connectivity index (χ1v) is 11.6. The number of nitrogens with one attached hydrogen (secondary N) is 1. The van der Waals surface area contributed by atoms with Gasteiger partial charge in [0.15, 0.2) is 2.75 Å². The highest BCUT2D eigenvalue weighted by molar-refractivity contribution is 14.1. The van der Waals surface area contributed by atoms with Gasteiger partial charge >= 0.3 is 0 Å². The molecule has 0 spiro atoms. The van der Waals surface area contributed by atoms with E-state index < -0.39 is 18.7 Å². The third kappa shape index (κ3) is 3.84. The number of carbonyl (C=O) groups excluding carboxylic acids is 1. The number of aryl methyl sites for hydroxylation is 1. The minimum atomic E-state index is -4.16. The standard InChI is InChI=1S/C20H18IN5O3S/c1-25-10-8-17(23-25)20(21,14-15-7-11-26-12-9-22-18(26)13-15)30(28,29)24-19(27)16-5-3-2-4-6-16/h2-13H,14H2,1H3,(H,24,27). The summed E-state index contributed by atoms with van der Waals surface area (Å²) >= 11 is 1.87. The maximum atomic E-state index is 13.5. The smallest absolute Gasteiger partial charge is 0.264 e. The summed E-state index contributed by atoms with van der Waals surface area (Å²) in [5.74, 6) is -0.684. The Balaban J connectivity index is 1.73. The number of carbonyl (C=O) groups is 1. The van der Waals surface area contributed by atoms with Crippen LogP contribution in [0.5, 0.6) is 0 Å². The van der Waals surface area contributed by atoms with Crippen LogP contribution in [0.15, 0.2) is 73.3 Å². The molecule has 0 fully saturated rings. The number of alkyl halides is 1. The number of imidazole rings is 1. The molecule has 0 aliphatic heterocycles. The Bertz CT molecular complexity index is 1320. The maximum absolute atomic E-state index is 13.5. The van der Waals surface area contributed by atoms with Crippen molar-refractivity contribution in [3.8, 4) is 0 Å². The maximum Gasteiger partial charge on any atom is 0.264 e. The number of nitrogens with zero attached hydrogens (tertiary/aromatic N) is 4. The summed E-state index contributed by atoms with van der Waals surface area (Å²) in [5.41, 5.74) is 2.06. The number of pyridine rings is 1. The predicted octanol–water partition coefficient (Wildman–Crippen LogP) is 2.66. The van der Waals surface area contributed by atoms with Gasteiger partial charge in [0.1, 0.15) is 5.65 Å². The highest BCUT2D eigenvalue weighted by atomic mass is 127. The van der Waals surface area contributed by atoms with Gasteiger partial charge in [0.05, 0.1) is 5.69 Å². The fourth-order valence-corrected chi connectivity index (χ4v) is 5.44. The predicted molar refractivity (Wildman–Crippen MR) is 121 cm³/mol. The molecular weight excluding hydrogens is 517 g/mol. The van der Waals surface area contributed by atoms with E-state index in [4.69, 9.17) is 0 Å². The number of rotatable bonds is 6. The van der Waals surface area contributed by atoms with Crippen LogP contribution in [0.2, 0.25) is 0 Å². The quantitative estimate of drug-likeness (QED) is 0.303. The molecule has 0 saturated carbocycles. The van der Waals surface area contributed by atoms with E-state index in [1.807, 2.05) is 51.5 Å². The van der Waals surface area contributed by atoms with Gasteiger partial charge in [-0.2, -0.15) is 5.10 Å². The van der Waals surface area contributed by atoms with E-state index in [1.54, 1.807) is 55.8 Å². The van der Waals surface area contributed by atoms with Crippen molar-refractivity contribution in [2.24, 2.45) is 7.05 Å². The number of hydrogen-bond acceptors (Lipinski definition) is 5. The number of halogens is 1. The third-order valence-electron chi connectivity index (χ3n) is 4.68. The number of sulfonamides is 1. The van der Waals surface area contributed by atoms with Crippen LogP contribution in [0.25, 0.3) is 5.65 Å². The summed E-state index contributed by atoms with van der Waals surface area (Å²) in [6.07, 6.45) is 7.08. The average Bonchev–Trinajstić information content (AvgIpc) is 3.36. The van der Waals surface area contributed by atoms with Crippen LogP contribution in [0.1, 0.15) is 21.6 Å². The Labute approximate surface area is 187 Å². The van der Waals surface area contributed by atoms with Crippen LogP contribution < -0.4 is 4.72 Å². The fourth-order valence-electron chi connectivity index (χ4n) is 3.11. The van der Waals surface area contributed by atoms with Crippen molar-refractivity contribution < 1.29 is 13.2 Å². The van der Waals surface area contributed by atoms with E-state index in [1.165, 1.54) is 4.68 Å². The Kier molecular flexibility index (Phi) is 5.36. The Morgan fingerprint density at radius 3 is 2.60 bits per heavy atom. The lowest BCUT2D eigenvalue weighted by Gasteiger charge is -2.26. The topological polar surface area (TPSA) is 98.4 Å². The van der Waals surface area contributed by atoms with Crippen molar-refractivity contribution in [3.63, 3.8) is 0 Å². The van der Waals surface area contributed by atoms with Gasteiger partial charge in [-0.05, 0) is 35.9 Å². The number of amides is 1. The number of fused-ring (bicyclic) bond motifs is 1. The molecule has 1 amide bonds. The molecule has 1 aromatic carbocycles. The Morgan fingerprint density at radius 2 is 1.90 bits per heavy atom. The van der Waals surface area contributed by atoms with Gasteiger partial charge in [-0.3, -0.25) is 9.48 Å². The zero-order valence-electron chi connectivity index (χ0n) is 15.9. The lowest BCUT2D eigenvalue weighted by molar-refractivity contribution is 0.0981. The van der Waals surface area contributed by atoms with Gasteiger partial charge in [0, 0.05) is 43.8 Å². The van der Waals surface area contributed by atoms with E-state index in [0.717, 1.165) is 5.56 Å². The molecule has 4 rings (SSSR count). The normalized spacial score (nSPS) is 13.8. The molecule has 0 bridgehead atoms. The van der Waals surface area contributed by atoms with Crippen molar-refractivity contribution in [3.05, 3.63) is 90.1 Å². The van der Waals surface area contributed by atoms with Crippen LogP contribution >= 0.6 is 22.6 Å². The van der Waals surface area contributed by atoms with E-state index in [-0.39, 0.29) is 12.0 Å². The number of aromatic nitrogens is 4. The second-order valence-electron chi connectivity index (χ2n) is 6.81. The van der Waals surface area contributed by atoms with Gasteiger partial charge in [0.2, 0.25) is 0 Å². The van der Waals surface area contributed by atoms with Crippen LogP contribution in [0.4, 0.5) is 0 Å². The summed E-state index contributed by atoms with van der Waals surface area (Å²) in [7, 11) is -2.45.